The summed E-state index contributed by atoms with van der Waals surface area (Å²) in [6.07, 6.45) is 16.2. The summed E-state index contributed by atoms with van der Waals surface area (Å²) < 4.78 is 5.60. The largest absolute Gasteiger partial charge is 0.479 e. The van der Waals surface area contributed by atoms with Gasteiger partial charge >= 0.3 is 5.97 Å². The number of rotatable bonds is 12. The maximum atomic E-state index is 11.9. The first-order valence-corrected chi connectivity index (χ1v) is 9.46. The number of hydrogen-bond donors (Lipinski definition) is 1. The second-order valence-corrected chi connectivity index (χ2v) is 6.96. The lowest BCUT2D eigenvalue weighted by atomic mass is 9.74. The molecule has 1 unspecified atom stereocenters. The molecule has 1 aliphatic rings. The number of unbranched alkanes of at least 4 members (excludes halogenated alkanes) is 7. The van der Waals surface area contributed by atoms with E-state index >= 15 is 0 Å². The Hall–Kier alpha value is -0.570. The van der Waals surface area contributed by atoms with Crippen molar-refractivity contribution in [3.8, 4) is 0 Å². The minimum Gasteiger partial charge on any atom is -0.479 e. The Morgan fingerprint density at radius 2 is 1.55 bits per heavy atom. The van der Waals surface area contributed by atoms with Crippen molar-refractivity contribution < 1.29 is 14.6 Å². The highest BCUT2D eigenvalue weighted by molar-refractivity contribution is 5.78. The third kappa shape index (κ3) is 5.91. The molecule has 1 N–H and O–H groups in total. The van der Waals surface area contributed by atoms with Crippen LogP contribution < -0.4 is 0 Å². The fourth-order valence-corrected chi connectivity index (χ4v) is 3.93. The van der Waals surface area contributed by atoms with Crippen LogP contribution in [0.5, 0.6) is 0 Å². The van der Waals surface area contributed by atoms with Crippen molar-refractivity contribution in [1.82, 2.24) is 0 Å². The Morgan fingerprint density at radius 1 is 1.00 bits per heavy atom. The number of hydrogen-bond acceptors (Lipinski definition) is 2. The van der Waals surface area contributed by atoms with Gasteiger partial charge in [0.15, 0.2) is 5.60 Å². The minimum atomic E-state index is -0.928. The van der Waals surface area contributed by atoms with E-state index in [9.17, 15) is 9.90 Å². The molecular formula is C19H36O3. The van der Waals surface area contributed by atoms with Gasteiger partial charge in [-0.3, -0.25) is 0 Å². The van der Waals surface area contributed by atoms with Crippen LogP contribution in [0.3, 0.4) is 0 Å². The van der Waals surface area contributed by atoms with Crippen molar-refractivity contribution in [2.45, 2.75) is 102 Å². The van der Waals surface area contributed by atoms with Crippen LogP contribution in [-0.2, 0) is 9.53 Å². The molecule has 1 aliphatic carbocycles. The van der Waals surface area contributed by atoms with Gasteiger partial charge in [0.05, 0.1) is 0 Å². The number of methoxy groups -OCH3 is 1. The van der Waals surface area contributed by atoms with Crippen LogP contribution in [0.25, 0.3) is 0 Å². The van der Waals surface area contributed by atoms with E-state index in [1.807, 2.05) is 0 Å². The zero-order valence-corrected chi connectivity index (χ0v) is 14.7. The van der Waals surface area contributed by atoms with Crippen molar-refractivity contribution in [2.24, 2.45) is 5.92 Å². The quantitative estimate of drug-likeness (QED) is 0.479. The summed E-state index contributed by atoms with van der Waals surface area (Å²) >= 11 is 0. The zero-order chi connectivity index (χ0) is 16.3. The molecule has 3 nitrogen and oxygen atoms in total. The summed E-state index contributed by atoms with van der Waals surface area (Å²) in [5, 5.41) is 9.75. The Labute approximate surface area is 136 Å². The topological polar surface area (TPSA) is 46.5 Å². The molecular weight excluding hydrogens is 276 g/mol. The zero-order valence-electron chi connectivity index (χ0n) is 14.7. The molecule has 0 aromatic carbocycles. The van der Waals surface area contributed by atoms with Crippen LogP contribution >= 0.6 is 0 Å². The SMILES string of the molecule is CCCCCCCCCCC(OC)(C(=O)O)C1CCCCC1. The fraction of sp³-hybridized carbons (Fsp3) is 0.947. The van der Waals surface area contributed by atoms with E-state index in [-0.39, 0.29) is 5.92 Å². The van der Waals surface area contributed by atoms with E-state index in [1.165, 1.54) is 44.9 Å². The van der Waals surface area contributed by atoms with Crippen LogP contribution in [0.15, 0.2) is 0 Å². The average molecular weight is 312 g/mol. The van der Waals surface area contributed by atoms with Crippen molar-refractivity contribution >= 4 is 5.97 Å². The summed E-state index contributed by atoms with van der Waals surface area (Å²) in [4.78, 5) is 11.9. The van der Waals surface area contributed by atoms with Gasteiger partial charge in [0, 0.05) is 7.11 Å². The van der Waals surface area contributed by atoms with Gasteiger partial charge in [0.1, 0.15) is 0 Å². The lowest BCUT2D eigenvalue weighted by Crippen LogP contribution is -2.48. The molecule has 0 saturated heterocycles. The van der Waals surface area contributed by atoms with E-state index in [0.29, 0.717) is 6.42 Å². The number of aliphatic carboxylic acids is 1. The molecule has 0 heterocycles. The first-order chi connectivity index (χ1) is 10.7. The molecule has 0 bridgehead atoms. The van der Waals surface area contributed by atoms with E-state index in [0.717, 1.165) is 38.5 Å². The summed E-state index contributed by atoms with van der Waals surface area (Å²) in [6.45, 7) is 2.24. The number of carbonyl (C=O) groups is 1. The normalized spacial score (nSPS) is 19.0. The average Bonchev–Trinajstić information content (AvgIpc) is 2.54. The Morgan fingerprint density at radius 3 is 2.05 bits per heavy atom. The third-order valence-electron chi connectivity index (χ3n) is 5.39. The highest BCUT2D eigenvalue weighted by Gasteiger charge is 2.45. The summed E-state index contributed by atoms with van der Waals surface area (Å²) in [7, 11) is 1.59. The Kier molecular flexibility index (Phi) is 9.77. The Balaban J connectivity index is 2.34. The predicted octanol–water partition coefficient (Wildman–Crippen LogP) is 5.57. The molecule has 1 rings (SSSR count). The van der Waals surface area contributed by atoms with Crippen molar-refractivity contribution in [3.63, 3.8) is 0 Å². The highest BCUT2D eigenvalue weighted by Crippen LogP contribution is 2.38. The van der Waals surface area contributed by atoms with Gasteiger partial charge < -0.3 is 9.84 Å². The van der Waals surface area contributed by atoms with Gasteiger partial charge in [0.25, 0.3) is 0 Å². The van der Waals surface area contributed by atoms with Crippen molar-refractivity contribution in [3.05, 3.63) is 0 Å². The van der Waals surface area contributed by atoms with Crippen molar-refractivity contribution in [2.75, 3.05) is 7.11 Å². The van der Waals surface area contributed by atoms with Gasteiger partial charge in [-0.05, 0) is 31.6 Å². The maximum absolute atomic E-state index is 11.9. The number of carboxylic acid groups (broad SMARTS) is 1. The molecule has 0 spiro atoms. The lowest BCUT2D eigenvalue weighted by Gasteiger charge is -2.38. The van der Waals surface area contributed by atoms with Crippen LogP contribution in [0.4, 0.5) is 0 Å². The van der Waals surface area contributed by atoms with E-state index in [4.69, 9.17) is 4.74 Å². The van der Waals surface area contributed by atoms with E-state index < -0.39 is 11.6 Å². The van der Waals surface area contributed by atoms with Gasteiger partial charge in [-0.2, -0.15) is 0 Å². The molecule has 3 heteroatoms. The number of ether oxygens (including phenoxy) is 1. The van der Waals surface area contributed by atoms with Crippen LogP contribution in [0.2, 0.25) is 0 Å². The fourth-order valence-electron chi connectivity index (χ4n) is 3.93. The molecule has 0 amide bonds. The molecule has 1 saturated carbocycles. The molecule has 0 aromatic rings. The summed E-state index contributed by atoms with van der Waals surface area (Å²) in [6, 6.07) is 0. The molecule has 22 heavy (non-hydrogen) atoms. The van der Waals surface area contributed by atoms with Gasteiger partial charge in [0.2, 0.25) is 0 Å². The van der Waals surface area contributed by atoms with Gasteiger partial charge in [-0.25, -0.2) is 4.79 Å². The van der Waals surface area contributed by atoms with E-state index in [2.05, 4.69) is 6.92 Å². The van der Waals surface area contributed by atoms with Crippen molar-refractivity contribution in [1.29, 1.82) is 0 Å². The van der Waals surface area contributed by atoms with Crippen LogP contribution in [0.1, 0.15) is 96.8 Å². The highest BCUT2D eigenvalue weighted by atomic mass is 16.5. The summed E-state index contributed by atoms with van der Waals surface area (Å²) in [5.41, 5.74) is -0.928. The maximum Gasteiger partial charge on any atom is 0.336 e. The summed E-state index contributed by atoms with van der Waals surface area (Å²) in [5.74, 6) is -0.543. The first-order valence-electron chi connectivity index (χ1n) is 9.46. The molecule has 0 radical (unpaired) electrons. The van der Waals surface area contributed by atoms with Crippen LogP contribution in [0, 0.1) is 5.92 Å². The second-order valence-electron chi connectivity index (χ2n) is 6.96. The van der Waals surface area contributed by atoms with Crippen LogP contribution in [-0.4, -0.2) is 23.8 Å². The molecule has 1 fully saturated rings. The van der Waals surface area contributed by atoms with E-state index in [1.54, 1.807) is 7.11 Å². The first kappa shape index (κ1) is 19.5. The lowest BCUT2D eigenvalue weighted by molar-refractivity contribution is -0.173. The smallest absolute Gasteiger partial charge is 0.336 e. The number of carboxylic acids is 1. The minimum absolute atomic E-state index is 0.202. The van der Waals surface area contributed by atoms with Gasteiger partial charge in [-0.1, -0.05) is 71.1 Å². The Bertz CT molecular complexity index is 297. The standard InChI is InChI=1S/C19H36O3/c1-3-4-5-6-7-8-9-13-16-19(22-2,18(20)21)17-14-11-10-12-15-17/h17H,3-16H2,1-2H3,(H,20,21). The molecule has 0 aliphatic heterocycles. The monoisotopic (exact) mass is 312 g/mol. The molecule has 130 valence electrons. The molecule has 1 atom stereocenters. The van der Waals surface area contributed by atoms with Gasteiger partial charge in [-0.15, -0.1) is 0 Å². The second kappa shape index (κ2) is 11.0. The molecule has 0 aromatic heterocycles. The predicted molar refractivity (Wildman–Crippen MR) is 91.2 cm³/mol. The third-order valence-corrected chi connectivity index (χ3v) is 5.39.